The summed E-state index contributed by atoms with van der Waals surface area (Å²) in [5.41, 5.74) is 6.85. The Morgan fingerprint density at radius 3 is 2.91 bits per heavy atom. The molecule has 60 valence electrons. The van der Waals surface area contributed by atoms with E-state index < -0.39 is 0 Å². The van der Waals surface area contributed by atoms with E-state index in [2.05, 4.69) is 11.9 Å². The van der Waals surface area contributed by atoms with Gasteiger partial charge in [0.15, 0.2) is 0 Å². The maximum absolute atomic E-state index is 5.76. The summed E-state index contributed by atoms with van der Waals surface area (Å²) >= 11 is 0. The minimum absolute atomic E-state index is 0.255. The van der Waals surface area contributed by atoms with Crippen LogP contribution in [0.1, 0.15) is 19.0 Å². The molecule has 0 radical (unpaired) electrons. The van der Waals surface area contributed by atoms with Crippen LogP contribution >= 0.6 is 0 Å². The highest BCUT2D eigenvalue weighted by Gasteiger charge is 2.00. The molecule has 1 aromatic rings. The summed E-state index contributed by atoms with van der Waals surface area (Å²) in [6, 6.07) is 6.17. The molecular formula is C9H14N2. The van der Waals surface area contributed by atoms with Gasteiger partial charge < -0.3 is 5.73 Å². The quantitative estimate of drug-likeness (QED) is 0.706. The van der Waals surface area contributed by atoms with E-state index in [0.717, 1.165) is 18.5 Å². The third-order valence-electron chi connectivity index (χ3n) is 1.72. The lowest BCUT2D eigenvalue weighted by Crippen LogP contribution is -2.21. The smallest absolute Gasteiger partial charge is 0.0419 e. The molecule has 1 rings (SSSR count). The maximum Gasteiger partial charge on any atom is 0.0419 e. The molecule has 2 N–H and O–H groups in total. The Balaban J connectivity index is 2.51. The highest BCUT2D eigenvalue weighted by atomic mass is 14.7. The van der Waals surface area contributed by atoms with E-state index in [4.69, 9.17) is 5.73 Å². The molecule has 0 aliphatic rings. The normalized spacial score (nSPS) is 12.9. The van der Waals surface area contributed by atoms with Crippen molar-refractivity contribution in [1.29, 1.82) is 0 Å². The SMILES string of the molecule is CC[C@@H](N)Cc1ccccn1. The second kappa shape index (κ2) is 4.09. The molecule has 2 heteroatoms. The Labute approximate surface area is 67.5 Å². The van der Waals surface area contributed by atoms with Gasteiger partial charge in [0.25, 0.3) is 0 Å². The zero-order chi connectivity index (χ0) is 8.10. The minimum atomic E-state index is 0.255. The number of hydrogen-bond acceptors (Lipinski definition) is 2. The summed E-state index contributed by atoms with van der Waals surface area (Å²) in [5, 5.41) is 0. The molecule has 11 heavy (non-hydrogen) atoms. The van der Waals surface area contributed by atoms with Gasteiger partial charge in [0, 0.05) is 24.4 Å². The molecule has 0 saturated heterocycles. The van der Waals surface area contributed by atoms with Crippen LogP contribution in [0.2, 0.25) is 0 Å². The number of nitrogens with two attached hydrogens (primary N) is 1. The van der Waals surface area contributed by atoms with Crippen molar-refractivity contribution in [2.24, 2.45) is 5.73 Å². The highest BCUT2D eigenvalue weighted by molar-refractivity contribution is 5.04. The molecule has 0 aromatic carbocycles. The van der Waals surface area contributed by atoms with Gasteiger partial charge in [0.05, 0.1) is 0 Å². The van der Waals surface area contributed by atoms with Crippen LogP contribution in [-0.4, -0.2) is 11.0 Å². The minimum Gasteiger partial charge on any atom is -0.327 e. The number of aromatic nitrogens is 1. The Morgan fingerprint density at radius 2 is 2.36 bits per heavy atom. The van der Waals surface area contributed by atoms with Crippen LogP contribution in [0.4, 0.5) is 0 Å². The molecule has 0 amide bonds. The first kappa shape index (κ1) is 8.21. The van der Waals surface area contributed by atoms with Gasteiger partial charge in [-0.15, -0.1) is 0 Å². The van der Waals surface area contributed by atoms with Gasteiger partial charge in [-0.1, -0.05) is 13.0 Å². The van der Waals surface area contributed by atoms with Crippen LogP contribution in [-0.2, 0) is 6.42 Å². The number of rotatable bonds is 3. The average Bonchev–Trinajstić information content (AvgIpc) is 2.06. The third kappa shape index (κ3) is 2.68. The largest absolute Gasteiger partial charge is 0.327 e. The van der Waals surface area contributed by atoms with Gasteiger partial charge in [-0.25, -0.2) is 0 Å². The summed E-state index contributed by atoms with van der Waals surface area (Å²) in [7, 11) is 0. The van der Waals surface area contributed by atoms with Crippen molar-refractivity contribution in [3.63, 3.8) is 0 Å². The summed E-state index contributed by atoms with van der Waals surface area (Å²) in [5.74, 6) is 0. The van der Waals surface area contributed by atoms with Crippen molar-refractivity contribution in [2.75, 3.05) is 0 Å². The number of hydrogen-bond donors (Lipinski definition) is 1. The fourth-order valence-corrected chi connectivity index (χ4v) is 0.932. The molecule has 0 spiro atoms. The molecule has 0 bridgehead atoms. The van der Waals surface area contributed by atoms with Crippen LogP contribution in [0.5, 0.6) is 0 Å². The van der Waals surface area contributed by atoms with Crippen molar-refractivity contribution in [3.05, 3.63) is 30.1 Å². The predicted molar refractivity (Wildman–Crippen MR) is 46.2 cm³/mol. The van der Waals surface area contributed by atoms with E-state index in [0.29, 0.717) is 0 Å². The summed E-state index contributed by atoms with van der Waals surface area (Å²) in [6.07, 6.45) is 3.70. The summed E-state index contributed by atoms with van der Waals surface area (Å²) in [6.45, 7) is 2.09. The van der Waals surface area contributed by atoms with Gasteiger partial charge in [-0.2, -0.15) is 0 Å². The summed E-state index contributed by atoms with van der Waals surface area (Å²) in [4.78, 5) is 4.19. The standard InChI is InChI=1S/C9H14N2/c1-2-8(10)7-9-5-3-4-6-11-9/h3-6,8H,2,7,10H2,1H3/t8-/m1/s1. The number of pyridine rings is 1. The Hall–Kier alpha value is -0.890. The van der Waals surface area contributed by atoms with E-state index in [1.54, 1.807) is 6.20 Å². The van der Waals surface area contributed by atoms with Gasteiger partial charge in [0.2, 0.25) is 0 Å². The van der Waals surface area contributed by atoms with E-state index >= 15 is 0 Å². The molecule has 0 fully saturated rings. The van der Waals surface area contributed by atoms with Crippen molar-refractivity contribution in [1.82, 2.24) is 4.98 Å². The zero-order valence-corrected chi connectivity index (χ0v) is 6.83. The van der Waals surface area contributed by atoms with Crippen LogP contribution in [0.15, 0.2) is 24.4 Å². The van der Waals surface area contributed by atoms with Crippen LogP contribution in [0.25, 0.3) is 0 Å². The second-order valence-electron chi connectivity index (χ2n) is 2.69. The van der Waals surface area contributed by atoms with Crippen LogP contribution in [0, 0.1) is 0 Å². The molecule has 0 saturated carbocycles. The Kier molecular flexibility index (Phi) is 3.05. The molecular weight excluding hydrogens is 136 g/mol. The fraction of sp³-hybridized carbons (Fsp3) is 0.444. The monoisotopic (exact) mass is 150 g/mol. The molecule has 1 atom stereocenters. The third-order valence-corrected chi connectivity index (χ3v) is 1.72. The van der Waals surface area contributed by atoms with Gasteiger partial charge >= 0.3 is 0 Å². The first-order valence-electron chi connectivity index (χ1n) is 3.98. The molecule has 1 heterocycles. The van der Waals surface area contributed by atoms with Gasteiger partial charge in [-0.3, -0.25) is 4.98 Å². The Bertz CT molecular complexity index is 196. The molecule has 0 unspecified atom stereocenters. The van der Waals surface area contributed by atoms with Crippen molar-refractivity contribution in [2.45, 2.75) is 25.8 Å². The van der Waals surface area contributed by atoms with Crippen molar-refractivity contribution >= 4 is 0 Å². The van der Waals surface area contributed by atoms with E-state index in [1.807, 2.05) is 18.2 Å². The van der Waals surface area contributed by atoms with Crippen LogP contribution in [0.3, 0.4) is 0 Å². The second-order valence-corrected chi connectivity index (χ2v) is 2.69. The maximum atomic E-state index is 5.76. The van der Waals surface area contributed by atoms with Crippen molar-refractivity contribution < 1.29 is 0 Å². The average molecular weight is 150 g/mol. The zero-order valence-electron chi connectivity index (χ0n) is 6.83. The lowest BCUT2D eigenvalue weighted by molar-refractivity contribution is 0.637. The lowest BCUT2D eigenvalue weighted by atomic mass is 10.1. The van der Waals surface area contributed by atoms with Crippen LogP contribution < -0.4 is 5.73 Å². The first-order valence-corrected chi connectivity index (χ1v) is 3.98. The molecule has 2 nitrogen and oxygen atoms in total. The van der Waals surface area contributed by atoms with E-state index in [9.17, 15) is 0 Å². The van der Waals surface area contributed by atoms with Crippen molar-refractivity contribution in [3.8, 4) is 0 Å². The number of nitrogens with zero attached hydrogens (tertiary/aromatic N) is 1. The lowest BCUT2D eigenvalue weighted by Gasteiger charge is -2.06. The molecule has 1 aromatic heterocycles. The van der Waals surface area contributed by atoms with E-state index in [1.165, 1.54) is 0 Å². The van der Waals surface area contributed by atoms with Gasteiger partial charge in [-0.05, 0) is 18.6 Å². The first-order chi connectivity index (χ1) is 5.33. The molecule has 0 aliphatic carbocycles. The highest BCUT2D eigenvalue weighted by Crippen LogP contribution is 1.99. The molecule has 0 aliphatic heterocycles. The van der Waals surface area contributed by atoms with E-state index in [-0.39, 0.29) is 6.04 Å². The predicted octanol–water partition coefficient (Wildman–Crippen LogP) is 1.36. The summed E-state index contributed by atoms with van der Waals surface area (Å²) < 4.78 is 0. The fourth-order valence-electron chi connectivity index (χ4n) is 0.932. The topological polar surface area (TPSA) is 38.9 Å². The Morgan fingerprint density at radius 1 is 1.55 bits per heavy atom. The van der Waals surface area contributed by atoms with Gasteiger partial charge in [0.1, 0.15) is 0 Å².